The van der Waals surface area contributed by atoms with Crippen LogP contribution >= 0.6 is 0 Å². The highest BCUT2D eigenvalue weighted by Crippen LogP contribution is 2.33. The van der Waals surface area contributed by atoms with Crippen LogP contribution in [0.1, 0.15) is 19.3 Å². The van der Waals surface area contributed by atoms with Crippen LogP contribution in [0.5, 0.6) is 0 Å². The smallest absolute Gasteiger partial charge is 0.326 e. The second-order valence-electron chi connectivity index (χ2n) is 5.80. The monoisotopic (exact) mass is 314 g/mol. The third-order valence-electron chi connectivity index (χ3n) is 3.81. The van der Waals surface area contributed by atoms with Crippen LogP contribution in [-0.4, -0.2) is 38.0 Å². The lowest BCUT2D eigenvalue weighted by molar-refractivity contribution is -0.142. The van der Waals surface area contributed by atoms with Crippen molar-refractivity contribution in [3.05, 3.63) is 36.5 Å². The summed E-state index contributed by atoms with van der Waals surface area (Å²) in [5, 5.41) is 19.7. The minimum absolute atomic E-state index is 0.0473. The van der Waals surface area contributed by atoms with Crippen molar-refractivity contribution in [2.45, 2.75) is 31.8 Å². The van der Waals surface area contributed by atoms with Gasteiger partial charge in [0.1, 0.15) is 18.3 Å². The molecule has 1 unspecified atom stereocenters. The summed E-state index contributed by atoms with van der Waals surface area (Å²) < 4.78 is 1.41. The number of carbonyl (C=O) groups excluding carboxylic acids is 1. The number of benzene rings is 1. The molecule has 3 rings (SSSR count). The first-order valence-corrected chi connectivity index (χ1v) is 7.59. The molecule has 1 fully saturated rings. The normalized spacial score (nSPS) is 15.1. The molecule has 120 valence electrons. The van der Waals surface area contributed by atoms with E-state index in [1.54, 1.807) is 6.20 Å². The highest BCUT2D eigenvalue weighted by molar-refractivity contribution is 5.83. The number of carboxylic acids is 1. The number of hydrogen-bond acceptors (Lipinski definition) is 4. The molecular weight excluding hydrogens is 296 g/mol. The molecule has 1 aromatic carbocycles. The molecule has 1 atom stereocenters. The van der Waals surface area contributed by atoms with Gasteiger partial charge in [-0.25, -0.2) is 9.48 Å². The number of nitrogens with zero attached hydrogens (tertiary/aromatic N) is 3. The lowest BCUT2D eigenvalue weighted by atomic mass is 10.1. The number of rotatable bonds is 7. The molecule has 1 aliphatic carbocycles. The zero-order valence-electron chi connectivity index (χ0n) is 12.6. The predicted molar refractivity (Wildman–Crippen MR) is 82.4 cm³/mol. The first-order valence-electron chi connectivity index (χ1n) is 7.59. The standard InChI is InChI=1S/C16H18N4O3/c21-15(17-13(16(22)23)8-11-6-7-11)10-20-9-14(18-19-20)12-4-2-1-3-5-12/h1-5,9,11,13H,6-8,10H2,(H,17,21)(H,22,23). The molecular formula is C16H18N4O3. The van der Waals surface area contributed by atoms with E-state index in [4.69, 9.17) is 5.11 Å². The zero-order valence-corrected chi connectivity index (χ0v) is 12.6. The van der Waals surface area contributed by atoms with Gasteiger partial charge < -0.3 is 10.4 Å². The predicted octanol–water partition coefficient (Wildman–Crippen LogP) is 1.31. The number of carbonyl (C=O) groups is 2. The lowest BCUT2D eigenvalue weighted by Crippen LogP contribution is -2.42. The van der Waals surface area contributed by atoms with Crippen molar-refractivity contribution in [3.63, 3.8) is 0 Å². The number of amides is 1. The number of aliphatic carboxylic acids is 1. The summed E-state index contributed by atoms with van der Waals surface area (Å²) in [5.74, 6) is -0.941. The molecule has 2 N–H and O–H groups in total. The largest absolute Gasteiger partial charge is 0.480 e. The SMILES string of the molecule is O=C(Cn1cc(-c2ccccc2)nn1)NC(CC1CC1)C(=O)O. The second-order valence-corrected chi connectivity index (χ2v) is 5.80. The van der Waals surface area contributed by atoms with E-state index < -0.39 is 12.0 Å². The fourth-order valence-electron chi connectivity index (χ4n) is 2.41. The van der Waals surface area contributed by atoms with Gasteiger partial charge in [-0.15, -0.1) is 5.10 Å². The Balaban J connectivity index is 1.59. The summed E-state index contributed by atoms with van der Waals surface area (Å²) in [4.78, 5) is 23.2. The van der Waals surface area contributed by atoms with Gasteiger partial charge in [-0.3, -0.25) is 4.79 Å². The van der Waals surface area contributed by atoms with E-state index in [-0.39, 0.29) is 12.5 Å². The molecule has 0 aliphatic heterocycles. The van der Waals surface area contributed by atoms with Crippen LogP contribution in [0.2, 0.25) is 0 Å². The summed E-state index contributed by atoms with van der Waals surface area (Å²) in [6.45, 7) is -0.0473. The van der Waals surface area contributed by atoms with Gasteiger partial charge in [-0.2, -0.15) is 0 Å². The van der Waals surface area contributed by atoms with Gasteiger partial charge in [0.05, 0.1) is 6.20 Å². The fourth-order valence-corrected chi connectivity index (χ4v) is 2.41. The molecule has 0 spiro atoms. The molecule has 1 heterocycles. The number of nitrogens with one attached hydrogen (secondary N) is 1. The molecule has 1 aliphatic rings. The first-order chi connectivity index (χ1) is 11.1. The Morgan fingerprint density at radius 2 is 2.04 bits per heavy atom. The Kier molecular flexibility index (Phi) is 4.36. The van der Waals surface area contributed by atoms with Crippen molar-refractivity contribution in [2.75, 3.05) is 0 Å². The van der Waals surface area contributed by atoms with Crippen molar-refractivity contribution < 1.29 is 14.7 Å². The number of carboxylic acid groups (broad SMARTS) is 1. The molecule has 0 bridgehead atoms. The fraction of sp³-hybridized carbons (Fsp3) is 0.375. The van der Waals surface area contributed by atoms with Crippen LogP contribution < -0.4 is 5.32 Å². The Hall–Kier alpha value is -2.70. The summed E-state index contributed by atoms with van der Waals surface area (Å²) >= 11 is 0. The average molecular weight is 314 g/mol. The third-order valence-corrected chi connectivity index (χ3v) is 3.81. The van der Waals surface area contributed by atoms with Crippen molar-refractivity contribution in [2.24, 2.45) is 5.92 Å². The highest BCUT2D eigenvalue weighted by atomic mass is 16.4. The van der Waals surface area contributed by atoms with Gasteiger partial charge in [-0.05, 0) is 12.3 Å². The van der Waals surface area contributed by atoms with Gasteiger partial charge in [0.15, 0.2) is 0 Å². The second kappa shape index (κ2) is 6.60. The summed E-state index contributed by atoms with van der Waals surface area (Å²) in [7, 11) is 0. The Labute approximate surface area is 133 Å². The highest BCUT2D eigenvalue weighted by Gasteiger charge is 2.30. The van der Waals surface area contributed by atoms with E-state index in [0.717, 1.165) is 18.4 Å². The molecule has 0 saturated heterocycles. The van der Waals surface area contributed by atoms with Crippen molar-refractivity contribution in [3.8, 4) is 11.3 Å². The van der Waals surface area contributed by atoms with E-state index in [2.05, 4.69) is 15.6 Å². The summed E-state index contributed by atoms with van der Waals surface area (Å²) in [5.41, 5.74) is 1.59. The molecule has 7 nitrogen and oxygen atoms in total. The zero-order chi connectivity index (χ0) is 16.2. The maximum absolute atomic E-state index is 12.0. The molecule has 1 aromatic heterocycles. The van der Waals surface area contributed by atoms with E-state index >= 15 is 0 Å². The Bertz CT molecular complexity index is 694. The molecule has 0 radical (unpaired) electrons. The van der Waals surface area contributed by atoms with Gasteiger partial charge in [0.25, 0.3) is 0 Å². The molecule has 1 saturated carbocycles. The average Bonchev–Trinajstić information content (AvgIpc) is 3.24. The van der Waals surface area contributed by atoms with E-state index in [0.29, 0.717) is 18.0 Å². The van der Waals surface area contributed by atoms with Crippen molar-refractivity contribution >= 4 is 11.9 Å². The van der Waals surface area contributed by atoms with Gasteiger partial charge >= 0.3 is 5.97 Å². The third kappa shape index (κ3) is 4.15. The van der Waals surface area contributed by atoms with Crippen LogP contribution in [-0.2, 0) is 16.1 Å². The molecule has 2 aromatic rings. The van der Waals surface area contributed by atoms with E-state index in [1.165, 1.54) is 4.68 Å². The lowest BCUT2D eigenvalue weighted by Gasteiger charge is -2.13. The maximum Gasteiger partial charge on any atom is 0.326 e. The Morgan fingerprint density at radius 3 is 2.70 bits per heavy atom. The molecule has 1 amide bonds. The number of hydrogen-bond donors (Lipinski definition) is 2. The van der Waals surface area contributed by atoms with Gasteiger partial charge in [0, 0.05) is 5.56 Å². The summed E-state index contributed by atoms with van der Waals surface area (Å²) in [6, 6.07) is 8.70. The van der Waals surface area contributed by atoms with E-state index in [9.17, 15) is 9.59 Å². The maximum atomic E-state index is 12.0. The quantitative estimate of drug-likeness (QED) is 0.803. The first kappa shape index (κ1) is 15.2. The number of aromatic nitrogens is 3. The topological polar surface area (TPSA) is 97.1 Å². The van der Waals surface area contributed by atoms with Crippen LogP contribution in [0.3, 0.4) is 0 Å². The van der Waals surface area contributed by atoms with Gasteiger partial charge in [-0.1, -0.05) is 48.4 Å². The molecule has 7 heteroatoms. The Morgan fingerprint density at radius 1 is 1.30 bits per heavy atom. The van der Waals surface area contributed by atoms with Gasteiger partial charge in [0.2, 0.25) is 5.91 Å². The minimum Gasteiger partial charge on any atom is -0.480 e. The van der Waals surface area contributed by atoms with Crippen molar-refractivity contribution in [1.29, 1.82) is 0 Å². The minimum atomic E-state index is -0.992. The van der Waals surface area contributed by atoms with Crippen LogP contribution in [0.25, 0.3) is 11.3 Å². The van der Waals surface area contributed by atoms with E-state index in [1.807, 2.05) is 30.3 Å². The summed E-state index contributed by atoms with van der Waals surface area (Å²) in [6.07, 6.45) is 4.26. The van der Waals surface area contributed by atoms with Crippen LogP contribution in [0.4, 0.5) is 0 Å². The van der Waals surface area contributed by atoms with Crippen LogP contribution in [0, 0.1) is 5.92 Å². The molecule has 23 heavy (non-hydrogen) atoms. The van der Waals surface area contributed by atoms with Crippen LogP contribution in [0.15, 0.2) is 36.5 Å². The van der Waals surface area contributed by atoms with Crippen molar-refractivity contribution in [1.82, 2.24) is 20.3 Å².